The molecule has 0 spiro atoms. The molecule has 0 saturated carbocycles. The zero-order valence-electron chi connectivity index (χ0n) is 15.0. The van der Waals surface area contributed by atoms with Gasteiger partial charge in [0.05, 0.1) is 22.0 Å². The van der Waals surface area contributed by atoms with Gasteiger partial charge in [-0.2, -0.15) is 0 Å². The van der Waals surface area contributed by atoms with Gasteiger partial charge in [0.1, 0.15) is 0 Å². The molecule has 0 aliphatic carbocycles. The fourth-order valence-corrected chi connectivity index (χ4v) is 3.41. The Morgan fingerprint density at radius 2 is 0.931 bits per heavy atom. The zero-order valence-corrected chi connectivity index (χ0v) is 19.5. The fourth-order valence-electron chi connectivity index (χ4n) is 2.78. The third kappa shape index (κ3) is 4.94. The van der Waals surface area contributed by atoms with Crippen LogP contribution in [0, 0.1) is 0 Å². The van der Waals surface area contributed by atoms with Crippen LogP contribution in [-0.2, 0) is 19.5 Å². The molecule has 0 saturated heterocycles. The Labute approximate surface area is 189 Å². The van der Waals surface area contributed by atoms with Crippen LogP contribution in [-0.4, -0.2) is 11.9 Å². The van der Waals surface area contributed by atoms with E-state index in [2.05, 4.69) is 0 Å². The molecular weight excluding hydrogens is 465 g/mol. The van der Waals surface area contributed by atoms with Gasteiger partial charge in [-0.3, -0.25) is 0 Å². The molecule has 0 unspecified atom stereocenters. The summed E-state index contributed by atoms with van der Waals surface area (Å²) in [7, 11) is 0. The monoisotopic (exact) mass is 474 g/mol. The van der Waals surface area contributed by atoms with Gasteiger partial charge in [0.2, 0.25) is 0 Å². The van der Waals surface area contributed by atoms with Crippen LogP contribution in [0.1, 0.15) is 20.7 Å². The third-order valence-electron chi connectivity index (χ3n) is 4.17. The average molecular weight is 477 g/mol. The fraction of sp³-hybridized carbons (Fsp3) is 0. The smallest absolute Gasteiger partial charge is 0.545 e. The Hall–Kier alpha value is -2.46. The molecule has 4 aromatic rings. The van der Waals surface area contributed by atoms with E-state index in [0.717, 1.165) is 21.5 Å². The molecule has 0 radical (unpaired) electrons. The number of carbonyl (C=O) groups excluding carboxylic acids is 2. The van der Waals surface area contributed by atoms with Crippen molar-refractivity contribution >= 4 is 56.7 Å². The Morgan fingerprint density at radius 1 is 0.586 bits per heavy atom. The Balaban J connectivity index is 0.000000200. The quantitative estimate of drug-likeness (QED) is 0.413. The summed E-state index contributed by atoms with van der Waals surface area (Å²) in [4.78, 5) is 21.3. The van der Waals surface area contributed by atoms with Crippen molar-refractivity contribution < 1.29 is 39.3 Å². The molecule has 0 N–H and O–H groups in total. The molecule has 4 nitrogen and oxygen atoms in total. The maximum Gasteiger partial charge on any atom is 2.00 e. The van der Waals surface area contributed by atoms with Crippen molar-refractivity contribution in [2.24, 2.45) is 0 Å². The number of fused-ring (bicyclic) bond motifs is 2. The molecule has 4 rings (SSSR count). The summed E-state index contributed by atoms with van der Waals surface area (Å²) < 4.78 is 0. The van der Waals surface area contributed by atoms with Crippen LogP contribution in [0.5, 0.6) is 0 Å². The van der Waals surface area contributed by atoms with Gasteiger partial charge in [-0.05, 0) is 10.8 Å². The van der Waals surface area contributed by atoms with Gasteiger partial charge in [0.15, 0.2) is 0 Å². The van der Waals surface area contributed by atoms with Gasteiger partial charge in [-0.15, -0.1) is 0 Å². The van der Waals surface area contributed by atoms with E-state index in [1.807, 2.05) is 36.4 Å². The second kappa shape index (κ2) is 9.84. The first-order valence-electron chi connectivity index (χ1n) is 8.17. The standard InChI is InChI=1S/2C11H7ClO2.Zn/c2*12-10-8-4-2-1-3-7(8)5-6-9(10)11(13)14;/h2*1-6H,(H,13,14);/q;;+2/p-2. The minimum atomic E-state index is -1.25. The summed E-state index contributed by atoms with van der Waals surface area (Å²) in [6, 6.07) is 21.0. The molecule has 29 heavy (non-hydrogen) atoms. The van der Waals surface area contributed by atoms with E-state index in [9.17, 15) is 19.8 Å². The van der Waals surface area contributed by atoms with E-state index in [1.165, 1.54) is 12.1 Å². The number of carbonyl (C=O) groups is 2. The molecule has 0 amide bonds. The summed E-state index contributed by atoms with van der Waals surface area (Å²) in [5.74, 6) is -2.50. The van der Waals surface area contributed by atoms with Gasteiger partial charge in [0, 0.05) is 21.9 Å². The Kier molecular flexibility index (Phi) is 7.75. The molecule has 4 aromatic carbocycles. The molecule has 0 aliphatic heterocycles. The van der Waals surface area contributed by atoms with Crippen molar-refractivity contribution in [1.29, 1.82) is 0 Å². The number of hydrogen-bond donors (Lipinski definition) is 0. The molecule has 0 heterocycles. The number of aromatic carboxylic acids is 2. The average Bonchev–Trinajstić information content (AvgIpc) is 2.69. The van der Waals surface area contributed by atoms with Gasteiger partial charge in [-0.25, -0.2) is 0 Å². The Bertz CT molecular complexity index is 1110. The van der Waals surface area contributed by atoms with Crippen molar-refractivity contribution in [3.05, 3.63) is 94.0 Å². The summed E-state index contributed by atoms with van der Waals surface area (Å²) >= 11 is 11.8. The van der Waals surface area contributed by atoms with Crippen molar-refractivity contribution in [1.82, 2.24) is 0 Å². The maximum atomic E-state index is 10.7. The maximum absolute atomic E-state index is 10.7. The summed E-state index contributed by atoms with van der Waals surface area (Å²) in [5, 5.41) is 25.1. The normalized spacial score (nSPS) is 10.0. The van der Waals surface area contributed by atoms with Crippen molar-refractivity contribution in [3.63, 3.8) is 0 Å². The number of benzene rings is 4. The van der Waals surface area contributed by atoms with Crippen LogP contribution in [0.4, 0.5) is 0 Å². The predicted octanol–water partition coefficient (Wildman–Crippen LogP) is 3.71. The van der Waals surface area contributed by atoms with E-state index in [1.54, 1.807) is 24.3 Å². The number of carboxylic acid groups (broad SMARTS) is 2. The molecule has 0 aromatic heterocycles. The van der Waals surface area contributed by atoms with Crippen molar-refractivity contribution in [3.8, 4) is 0 Å². The van der Waals surface area contributed by atoms with Gasteiger partial charge < -0.3 is 19.8 Å². The summed E-state index contributed by atoms with van der Waals surface area (Å²) in [6.07, 6.45) is 0. The first kappa shape index (κ1) is 22.8. The van der Waals surface area contributed by atoms with Crippen LogP contribution in [0.15, 0.2) is 72.8 Å². The second-order valence-corrected chi connectivity index (χ2v) is 6.63. The van der Waals surface area contributed by atoms with E-state index in [-0.39, 0.29) is 40.7 Å². The SMILES string of the molecule is O=C([O-])c1ccc2ccccc2c1Cl.O=C([O-])c1ccc2ccccc2c1Cl.[Zn+2]. The molecule has 0 fully saturated rings. The minimum absolute atomic E-state index is 0. The van der Waals surface area contributed by atoms with E-state index < -0.39 is 11.9 Å². The van der Waals surface area contributed by atoms with E-state index in [0.29, 0.717) is 0 Å². The topological polar surface area (TPSA) is 80.3 Å². The molecular formula is C22H12Cl2O4Zn. The van der Waals surface area contributed by atoms with Crippen LogP contribution < -0.4 is 10.2 Å². The summed E-state index contributed by atoms with van der Waals surface area (Å²) in [5.41, 5.74) is 0.0655. The second-order valence-electron chi connectivity index (χ2n) is 5.87. The summed E-state index contributed by atoms with van der Waals surface area (Å²) in [6.45, 7) is 0. The van der Waals surface area contributed by atoms with E-state index in [4.69, 9.17) is 23.2 Å². The number of rotatable bonds is 2. The van der Waals surface area contributed by atoms with Gasteiger partial charge in [-0.1, -0.05) is 96.0 Å². The number of hydrogen-bond acceptors (Lipinski definition) is 4. The third-order valence-corrected chi connectivity index (χ3v) is 4.98. The predicted molar refractivity (Wildman–Crippen MR) is 107 cm³/mol. The first-order valence-corrected chi connectivity index (χ1v) is 8.93. The van der Waals surface area contributed by atoms with Crippen LogP contribution in [0.25, 0.3) is 21.5 Å². The largest absolute Gasteiger partial charge is 2.00 e. The van der Waals surface area contributed by atoms with Crippen molar-refractivity contribution in [2.45, 2.75) is 0 Å². The number of carboxylic acids is 2. The zero-order chi connectivity index (χ0) is 20.3. The van der Waals surface area contributed by atoms with Gasteiger partial charge in [0.25, 0.3) is 0 Å². The van der Waals surface area contributed by atoms with Crippen LogP contribution >= 0.6 is 23.2 Å². The van der Waals surface area contributed by atoms with Crippen LogP contribution in [0.2, 0.25) is 10.0 Å². The Morgan fingerprint density at radius 3 is 1.28 bits per heavy atom. The minimum Gasteiger partial charge on any atom is -0.545 e. The van der Waals surface area contributed by atoms with Crippen molar-refractivity contribution in [2.75, 3.05) is 0 Å². The molecule has 0 atom stereocenters. The molecule has 140 valence electrons. The number of halogens is 2. The van der Waals surface area contributed by atoms with E-state index >= 15 is 0 Å². The molecule has 0 aliphatic rings. The van der Waals surface area contributed by atoms with Gasteiger partial charge >= 0.3 is 19.5 Å². The first-order chi connectivity index (χ1) is 13.4. The van der Waals surface area contributed by atoms with Crippen LogP contribution in [0.3, 0.4) is 0 Å². The molecule has 7 heteroatoms. The molecule has 0 bridgehead atoms.